The molecule has 0 aliphatic carbocycles. The van der Waals surface area contributed by atoms with Crippen molar-refractivity contribution in [1.82, 2.24) is 9.62 Å². The zero-order valence-corrected chi connectivity index (χ0v) is 13.3. The van der Waals surface area contributed by atoms with E-state index in [9.17, 15) is 8.42 Å². The smallest absolute Gasteiger partial charge is 0.243 e. The summed E-state index contributed by atoms with van der Waals surface area (Å²) in [6.07, 6.45) is 0.954. The van der Waals surface area contributed by atoms with Crippen molar-refractivity contribution < 1.29 is 8.42 Å². The molecule has 1 aromatic rings. The van der Waals surface area contributed by atoms with Crippen molar-refractivity contribution in [3.8, 4) is 0 Å². The van der Waals surface area contributed by atoms with E-state index >= 15 is 0 Å². The van der Waals surface area contributed by atoms with Crippen LogP contribution in [-0.4, -0.2) is 31.9 Å². The van der Waals surface area contributed by atoms with E-state index in [2.05, 4.69) is 26.1 Å². The molecule has 1 aliphatic rings. The highest BCUT2D eigenvalue weighted by molar-refractivity contribution is 7.89. The van der Waals surface area contributed by atoms with Gasteiger partial charge in [0.05, 0.1) is 4.90 Å². The predicted octanol–water partition coefficient (Wildman–Crippen LogP) is 2.22. The van der Waals surface area contributed by atoms with Crippen LogP contribution in [0, 0.1) is 5.92 Å². The standard InChI is InChI=1S/C15H24N2O2S/c1-12(2)16-10-14-4-6-15(7-5-14)20(18,19)17-9-8-13(3)11-17/h4-7,12-13,16H,8-11H2,1-3H3. The molecule has 112 valence electrons. The number of hydrogen-bond acceptors (Lipinski definition) is 3. The summed E-state index contributed by atoms with van der Waals surface area (Å²) in [7, 11) is -3.31. The van der Waals surface area contributed by atoms with Crippen molar-refractivity contribution in [1.29, 1.82) is 0 Å². The van der Waals surface area contributed by atoms with Crippen LogP contribution in [0.1, 0.15) is 32.8 Å². The lowest BCUT2D eigenvalue weighted by molar-refractivity contribution is 0.464. The molecule has 2 rings (SSSR count). The lowest BCUT2D eigenvalue weighted by Gasteiger charge is -2.16. The Labute approximate surface area is 122 Å². The molecular weight excluding hydrogens is 272 g/mol. The van der Waals surface area contributed by atoms with E-state index in [1.165, 1.54) is 0 Å². The van der Waals surface area contributed by atoms with E-state index in [0.29, 0.717) is 29.9 Å². The van der Waals surface area contributed by atoms with Gasteiger partial charge in [-0.15, -0.1) is 0 Å². The average molecular weight is 296 g/mol. The van der Waals surface area contributed by atoms with Gasteiger partial charge in [-0.05, 0) is 30.0 Å². The topological polar surface area (TPSA) is 49.4 Å². The third kappa shape index (κ3) is 3.59. The van der Waals surface area contributed by atoms with Crippen molar-refractivity contribution >= 4 is 10.0 Å². The van der Waals surface area contributed by atoms with Crippen LogP contribution in [0.15, 0.2) is 29.2 Å². The minimum absolute atomic E-state index is 0.403. The van der Waals surface area contributed by atoms with Crippen molar-refractivity contribution in [3.63, 3.8) is 0 Å². The Morgan fingerprint density at radius 3 is 2.45 bits per heavy atom. The first-order valence-corrected chi connectivity index (χ1v) is 8.66. The van der Waals surface area contributed by atoms with E-state index in [4.69, 9.17) is 0 Å². The number of sulfonamides is 1. The minimum atomic E-state index is -3.31. The van der Waals surface area contributed by atoms with E-state index in [1.807, 2.05) is 12.1 Å². The van der Waals surface area contributed by atoms with Gasteiger partial charge < -0.3 is 5.32 Å². The largest absolute Gasteiger partial charge is 0.310 e. The van der Waals surface area contributed by atoms with Crippen LogP contribution in [0.2, 0.25) is 0 Å². The van der Waals surface area contributed by atoms with Crippen molar-refractivity contribution in [2.24, 2.45) is 5.92 Å². The van der Waals surface area contributed by atoms with Gasteiger partial charge in [-0.2, -0.15) is 4.31 Å². The van der Waals surface area contributed by atoms with Gasteiger partial charge in [0.1, 0.15) is 0 Å². The lowest BCUT2D eigenvalue weighted by Crippen LogP contribution is -2.28. The highest BCUT2D eigenvalue weighted by Gasteiger charge is 2.30. The van der Waals surface area contributed by atoms with E-state index in [0.717, 1.165) is 18.5 Å². The predicted molar refractivity (Wildman–Crippen MR) is 81.0 cm³/mol. The number of rotatable bonds is 5. The second-order valence-corrected chi connectivity index (χ2v) is 7.87. The monoisotopic (exact) mass is 296 g/mol. The number of nitrogens with one attached hydrogen (secondary N) is 1. The van der Waals surface area contributed by atoms with Crippen LogP contribution in [0.3, 0.4) is 0 Å². The molecule has 4 nitrogen and oxygen atoms in total. The Morgan fingerprint density at radius 2 is 1.95 bits per heavy atom. The molecule has 1 unspecified atom stereocenters. The third-order valence-electron chi connectivity index (χ3n) is 3.66. The fourth-order valence-electron chi connectivity index (χ4n) is 2.36. The molecule has 1 heterocycles. The average Bonchev–Trinajstić information content (AvgIpc) is 2.84. The number of nitrogens with zero attached hydrogens (tertiary/aromatic N) is 1. The molecule has 20 heavy (non-hydrogen) atoms. The first kappa shape index (κ1) is 15.5. The van der Waals surface area contributed by atoms with E-state index in [-0.39, 0.29) is 0 Å². The maximum absolute atomic E-state index is 12.5. The molecule has 5 heteroatoms. The van der Waals surface area contributed by atoms with Gasteiger partial charge in [0, 0.05) is 25.7 Å². The highest BCUT2D eigenvalue weighted by Crippen LogP contribution is 2.24. The Kier molecular flexibility index (Phi) is 4.83. The Balaban J connectivity index is 2.09. The molecule has 0 amide bonds. The Morgan fingerprint density at radius 1 is 1.30 bits per heavy atom. The van der Waals surface area contributed by atoms with Crippen LogP contribution in [0.5, 0.6) is 0 Å². The molecule has 0 saturated carbocycles. The second-order valence-electron chi connectivity index (χ2n) is 5.94. The van der Waals surface area contributed by atoms with Gasteiger partial charge in [0.2, 0.25) is 10.0 Å². The normalized spacial score (nSPS) is 20.7. The Hall–Kier alpha value is -0.910. The molecular formula is C15H24N2O2S. The van der Waals surface area contributed by atoms with Gasteiger partial charge in [0.25, 0.3) is 0 Å². The molecule has 0 bridgehead atoms. The first-order chi connectivity index (χ1) is 9.39. The molecule has 1 atom stereocenters. The summed E-state index contributed by atoms with van der Waals surface area (Å²) in [6.45, 7) is 8.31. The fourth-order valence-corrected chi connectivity index (χ4v) is 3.94. The molecule has 0 radical (unpaired) electrons. The maximum Gasteiger partial charge on any atom is 0.243 e. The van der Waals surface area contributed by atoms with Gasteiger partial charge >= 0.3 is 0 Å². The summed E-state index contributed by atoms with van der Waals surface area (Å²) in [5.74, 6) is 0.458. The number of benzene rings is 1. The Bertz CT molecular complexity index is 537. The summed E-state index contributed by atoms with van der Waals surface area (Å²) in [5, 5.41) is 3.32. The summed E-state index contributed by atoms with van der Waals surface area (Å²) in [5.41, 5.74) is 1.10. The van der Waals surface area contributed by atoms with E-state index < -0.39 is 10.0 Å². The molecule has 1 fully saturated rings. The second kappa shape index (κ2) is 6.24. The SMILES string of the molecule is CC1CCN(S(=O)(=O)c2ccc(CNC(C)C)cc2)C1. The molecule has 0 spiro atoms. The highest BCUT2D eigenvalue weighted by atomic mass is 32.2. The maximum atomic E-state index is 12.5. The quantitative estimate of drug-likeness (QED) is 0.906. The van der Waals surface area contributed by atoms with Gasteiger partial charge in [-0.3, -0.25) is 0 Å². The van der Waals surface area contributed by atoms with Crippen LogP contribution in [0.25, 0.3) is 0 Å². The third-order valence-corrected chi connectivity index (χ3v) is 5.54. The van der Waals surface area contributed by atoms with E-state index in [1.54, 1.807) is 16.4 Å². The zero-order chi connectivity index (χ0) is 14.8. The molecule has 0 aromatic heterocycles. The number of hydrogen-bond donors (Lipinski definition) is 1. The molecule has 1 aliphatic heterocycles. The van der Waals surface area contributed by atoms with Crippen molar-refractivity contribution in [2.75, 3.05) is 13.1 Å². The lowest BCUT2D eigenvalue weighted by atomic mass is 10.2. The zero-order valence-electron chi connectivity index (χ0n) is 12.5. The van der Waals surface area contributed by atoms with Crippen LogP contribution in [0.4, 0.5) is 0 Å². The summed E-state index contributed by atoms with van der Waals surface area (Å²) in [6, 6.07) is 7.64. The van der Waals surface area contributed by atoms with Crippen LogP contribution >= 0.6 is 0 Å². The summed E-state index contributed by atoms with van der Waals surface area (Å²) in [4.78, 5) is 0.403. The van der Waals surface area contributed by atoms with Gasteiger partial charge in [-0.1, -0.05) is 32.9 Å². The molecule has 1 saturated heterocycles. The van der Waals surface area contributed by atoms with Crippen molar-refractivity contribution in [3.05, 3.63) is 29.8 Å². The van der Waals surface area contributed by atoms with Crippen LogP contribution < -0.4 is 5.32 Å². The van der Waals surface area contributed by atoms with Crippen molar-refractivity contribution in [2.45, 2.75) is 44.7 Å². The van der Waals surface area contributed by atoms with Gasteiger partial charge in [-0.25, -0.2) is 8.42 Å². The fraction of sp³-hybridized carbons (Fsp3) is 0.600. The molecule has 1 aromatic carbocycles. The van der Waals surface area contributed by atoms with Crippen LogP contribution in [-0.2, 0) is 16.6 Å². The minimum Gasteiger partial charge on any atom is -0.310 e. The summed E-state index contributed by atoms with van der Waals surface area (Å²) < 4.78 is 26.5. The first-order valence-electron chi connectivity index (χ1n) is 7.22. The summed E-state index contributed by atoms with van der Waals surface area (Å²) >= 11 is 0. The molecule has 1 N–H and O–H groups in total. The van der Waals surface area contributed by atoms with Gasteiger partial charge in [0.15, 0.2) is 0 Å².